The number of allylic oxidation sites excluding steroid dienone is 2. The Labute approximate surface area is 115 Å². The summed E-state index contributed by atoms with van der Waals surface area (Å²) in [6.45, 7) is 0. The third kappa shape index (κ3) is 2.12. The zero-order valence-corrected chi connectivity index (χ0v) is 11.6. The fourth-order valence-corrected chi connectivity index (χ4v) is 3.39. The molecule has 3 unspecified atom stereocenters. The molecule has 1 N–H and O–H groups in total. The quantitative estimate of drug-likeness (QED) is 0.649. The maximum atomic E-state index is 12.2. The lowest BCUT2D eigenvalue weighted by Crippen LogP contribution is -2.26. The number of rotatable bonds is 2. The van der Waals surface area contributed by atoms with E-state index in [-0.39, 0.29) is 11.8 Å². The fraction of sp³-hybridized carbons (Fsp3) is 0.357. The van der Waals surface area contributed by atoms with E-state index in [1.54, 1.807) is 0 Å². The van der Waals surface area contributed by atoms with E-state index in [9.17, 15) is 4.79 Å². The van der Waals surface area contributed by atoms with Gasteiger partial charge in [-0.1, -0.05) is 24.3 Å². The molecule has 3 atom stereocenters. The molecule has 3 heteroatoms. The van der Waals surface area contributed by atoms with E-state index in [1.807, 2.05) is 24.3 Å². The van der Waals surface area contributed by atoms with Gasteiger partial charge in [-0.05, 0) is 59.4 Å². The Morgan fingerprint density at radius 2 is 2.06 bits per heavy atom. The normalized spacial score (nSPS) is 29.6. The molecule has 1 aromatic carbocycles. The zero-order valence-electron chi connectivity index (χ0n) is 9.40. The van der Waals surface area contributed by atoms with Crippen LogP contribution in [0, 0.1) is 21.3 Å². The summed E-state index contributed by atoms with van der Waals surface area (Å²) in [4.78, 5) is 12.2. The molecule has 0 radical (unpaired) electrons. The fourth-order valence-electron chi connectivity index (χ4n) is 2.87. The third-order valence-electron chi connectivity index (χ3n) is 3.75. The summed E-state index contributed by atoms with van der Waals surface area (Å²) in [5.41, 5.74) is 0.935. The molecule has 0 saturated heterocycles. The van der Waals surface area contributed by atoms with E-state index < -0.39 is 0 Å². The molecule has 2 aliphatic rings. The smallest absolute Gasteiger partial charge is 0.228 e. The average molecular weight is 339 g/mol. The highest BCUT2D eigenvalue weighted by molar-refractivity contribution is 14.1. The van der Waals surface area contributed by atoms with Crippen molar-refractivity contribution in [3.63, 3.8) is 0 Å². The maximum absolute atomic E-state index is 12.2. The van der Waals surface area contributed by atoms with Crippen LogP contribution in [0.25, 0.3) is 0 Å². The van der Waals surface area contributed by atoms with Crippen molar-refractivity contribution in [1.82, 2.24) is 0 Å². The first-order valence-corrected chi connectivity index (χ1v) is 7.05. The topological polar surface area (TPSA) is 29.1 Å². The second-order valence-corrected chi connectivity index (χ2v) is 6.02. The summed E-state index contributed by atoms with van der Waals surface area (Å²) in [6, 6.07) is 7.91. The van der Waals surface area contributed by atoms with Gasteiger partial charge in [-0.2, -0.15) is 0 Å². The lowest BCUT2D eigenvalue weighted by atomic mass is 9.93. The number of hydrogen-bond acceptors (Lipinski definition) is 1. The van der Waals surface area contributed by atoms with E-state index in [2.05, 4.69) is 40.1 Å². The number of halogens is 1. The molecule has 0 heterocycles. The zero-order chi connectivity index (χ0) is 11.8. The van der Waals surface area contributed by atoms with Crippen LogP contribution >= 0.6 is 22.6 Å². The minimum Gasteiger partial charge on any atom is -0.325 e. The van der Waals surface area contributed by atoms with Crippen molar-refractivity contribution in [3.05, 3.63) is 40.0 Å². The molecule has 1 aromatic rings. The molecule has 0 spiro atoms. The van der Waals surface area contributed by atoms with Crippen molar-refractivity contribution >= 4 is 34.2 Å². The Morgan fingerprint density at radius 1 is 1.24 bits per heavy atom. The molecule has 17 heavy (non-hydrogen) atoms. The minimum absolute atomic E-state index is 0.181. The molecule has 2 bridgehead atoms. The van der Waals surface area contributed by atoms with Crippen LogP contribution in [0.15, 0.2) is 36.4 Å². The molecule has 3 rings (SSSR count). The predicted octanol–water partition coefficient (Wildman–Crippen LogP) is 3.44. The van der Waals surface area contributed by atoms with Gasteiger partial charge in [0.25, 0.3) is 0 Å². The van der Waals surface area contributed by atoms with Gasteiger partial charge < -0.3 is 5.32 Å². The SMILES string of the molecule is O=C(Nc1ccccc1I)C1CC2C=CC1C2. The number of fused-ring (bicyclic) bond motifs is 2. The van der Waals surface area contributed by atoms with Crippen LogP contribution in [0.2, 0.25) is 0 Å². The van der Waals surface area contributed by atoms with Gasteiger partial charge in [-0.25, -0.2) is 0 Å². The van der Waals surface area contributed by atoms with Crippen LogP contribution in [-0.2, 0) is 4.79 Å². The molecule has 2 nitrogen and oxygen atoms in total. The predicted molar refractivity (Wildman–Crippen MR) is 76.6 cm³/mol. The summed E-state index contributed by atoms with van der Waals surface area (Å²) in [5, 5.41) is 3.06. The highest BCUT2D eigenvalue weighted by Crippen LogP contribution is 2.43. The lowest BCUT2D eigenvalue weighted by molar-refractivity contribution is -0.120. The van der Waals surface area contributed by atoms with Gasteiger partial charge in [0.15, 0.2) is 0 Å². The van der Waals surface area contributed by atoms with Gasteiger partial charge in [0, 0.05) is 9.49 Å². The number of benzene rings is 1. The molecular formula is C14H14INO. The Balaban J connectivity index is 1.72. The van der Waals surface area contributed by atoms with Crippen molar-refractivity contribution in [2.45, 2.75) is 12.8 Å². The van der Waals surface area contributed by atoms with Crippen LogP contribution in [0.1, 0.15) is 12.8 Å². The molecule has 1 fully saturated rings. The number of carbonyl (C=O) groups is 1. The molecule has 88 valence electrons. The van der Waals surface area contributed by atoms with Crippen molar-refractivity contribution in [2.24, 2.45) is 17.8 Å². The molecule has 0 aliphatic heterocycles. The summed E-state index contributed by atoms with van der Waals surface area (Å²) in [7, 11) is 0. The molecule has 1 amide bonds. The number of para-hydroxylation sites is 1. The van der Waals surface area contributed by atoms with Gasteiger partial charge in [-0.15, -0.1) is 0 Å². The lowest BCUT2D eigenvalue weighted by Gasteiger charge is -2.18. The molecular weight excluding hydrogens is 325 g/mol. The van der Waals surface area contributed by atoms with Crippen molar-refractivity contribution in [2.75, 3.05) is 5.32 Å². The van der Waals surface area contributed by atoms with Gasteiger partial charge in [0.05, 0.1) is 5.69 Å². The molecule has 2 aliphatic carbocycles. The second-order valence-electron chi connectivity index (χ2n) is 4.86. The number of amides is 1. The summed E-state index contributed by atoms with van der Waals surface area (Å²) in [6.07, 6.45) is 6.68. The van der Waals surface area contributed by atoms with Crippen molar-refractivity contribution < 1.29 is 4.79 Å². The number of anilines is 1. The minimum atomic E-state index is 0.181. The Hall–Kier alpha value is -0.840. The maximum Gasteiger partial charge on any atom is 0.228 e. The third-order valence-corrected chi connectivity index (χ3v) is 4.69. The Bertz CT molecular complexity index is 483. The first-order chi connectivity index (χ1) is 8.24. The van der Waals surface area contributed by atoms with Crippen LogP contribution in [0.3, 0.4) is 0 Å². The molecule has 1 saturated carbocycles. The Kier molecular flexibility index (Phi) is 2.94. The summed E-state index contributed by atoms with van der Waals surface area (Å²) >= 11 is 2.25. The average Bonchev–Trinajstić information content (AvgIpc) is 2.94. The van der Waals surface area contributed by atoms with Crippen LogP contribution in [0.4, 0.5) is 5.69 Å². The van der Waals surface area contributed by atoms with Crippen LogP contribution in [-0.4, -0.2) is 5.91 Å². The summed E-state index contributed by atoms with van der Waals surface area (Å²) < 4.78 is 1.09. The van der Waals surface area contributed by atoms with Gasteiger partial charge in [0.2, 0.25) is 5.91 Å². The van der Waals surface area contributed by atoms with E-state index in [1.165, 1.54) is 6.42 Å². The second kappa shape index (κ2) is 4.44. The Morgan fingerprint density at radius 3 is 2.71 bits per heavy atom. The number of hydrogen-bond donors (Lipinski definition) is 1. The first-order valence-electron chi connectivity index (χ1n) is 5.98. The van der Waals surface area contributed by atoms with Crippen molar-refractivity contribution in [1.29, 1.82) is 0 Å². The standard InChI is InChI=1S/C14H14INO/c15-12-3-1-2-4-13(12)16-14(17)11-8-9-5-6-10(11)7-9/h1-6,9-11H,7-8H2,(H,16,17). The highest BCUT2D eigenvalue weighted by Gasteiger charge is 2.39. The van der Waals surface area contributed by atoms with E-state index in [4.69, 9.17) is 0 Å². The number of nitrogens with one attached hydrogen (secondary N) is 1. The largest absolute Gasteiger partial charge is 0.325 e. The van der Waals surface area contributed by atoms with E-state index in [0.717, 1.165) is 15.7 Å². The van der Waals surface area contributed by atoms with Gasteiger partial charge in [-0.3, -0.25) is 4.79 Å². The monoisotopic (exact) mass is 339 g/mol. The van der Waals surface area contributed by atoms with Gasteiger partial charge in [0.1, 0.15) is 0 Å². The highest BCUT2D eigenvalue weighted by atomic mass is 127. The number of carbonyl (C=O) groups excluding carboxylic acids is 1. The van der Waals surface area contributed by atoms with Crippen LogP contribution in [0.5, 0.6) is 0 Å². The van der Waals surface area contributed by atoms with E-state index in [0.29, 0.717) is 11.8 Å². The molecule has 0 aromatic heterocycles. The summed E-state index contributed by atoms with van der Waals surface area (Å²) in [5.74, 6) is 1.49. The van der Waals surface area contributed by atoms with Crippen LogP contribution < -0.4 is 5.32 Å². The van der Waals surface area contributed by atoms with E-state index >= 15 is 0 Å². The first kappa shape index (κ1) is 11.3. The van der Waals surface area contributed by atoms with Gasteiger partial charge >= 0.3 is 0 Å². The van der Waals surface area contributed by atoms with Crippen molar-refractivity contribution in [3.8, 4) is 0 Å².